The van der Waals surface area contributed by atoms with Crippen molar-refractivity contribution in [3.8, 4) is 17.6 Å². The van der Waals surface area contributed by atoms with Crippen LogP contribution >= 0.6 is 0 Å². The predicted molar refractivity (Wildman–Crippen MR) is 84.2 cm³/mol. The summed E-state index contributed by atoms with van der Waals surface area (Å²) in [5, 5.41) is 0. The van der Waals surface area contributed by atoms with E-state index in [0.29, 0.717) is 0 Å². The number of methoxy groups -OCH3 is 1. The second-order valence-electron chi connectivity index (χ2n) is 4.56. The van der Waals surface area contributed by atoms with Crippen LogP contribution in [0.2, 0.25) is 0 Å². The summed E-state index contributed by atoms with van der Waals surface area (Å²) in [6.07, 6.45) is 0. The third-order valence-electron chi connectivity index (χ3n) is 2.92. The van der Waals surface area contributed by atoms with Crippen molar-refractivity contribution < 1.29 is 17.3 Å². The molecule has 0 aliphatic carbocycles. The molecule has 0 atom stereocenters. The molecule has 114 valence electrons. The summed E-state index contributed by atoms with van der Waals surface area (Å²) >= 11 is 0. The van der Waals surface area contributed by atoms with Gasteiger partial charge in [0.25, 0.3) is 10.1 Å². The predicted octanol–water partition coefficient (Wildman–Crippen LogP) is 2.76. The van der Waals surface area contributed by atoms with E-state index >= 15 is 0 Å². The van der Waals surface area contributed by atoms with Crippen LogP contribution in [-0.2, 0) is 14.3 Å². The van der Waals surface area contributed by atoms with Gasteiger partial charge in [0, 0.05) is 5.56 Å². The fourth-order valence-electron chi connectivity index (χ4n) is 1.69. The molecule has 0 radical (unpaired) electrons. The van der Waals surface area contributed by atoms with Crippen molar-refractivity contribution in [3.05, 3.63) is 59.7 Å². The van der Waals surface area contributed by atoms with Crippen molar-refractivity contribution in [2.75, 3.05) is 13.7 Å². The highest BCUT2D eigenvalue weighted by Gasteiger charge is 2.13. The van der Waals surface area contributed by atoms with Crippen molar-refractivity contribution in [1.29, 1.82) is 0 Å². The second-order valence-corrected chi connectivity index (χ2v) is 6.17. The highest BCUT2D eigenvalue weighted by molar-refractivity contribution is 7.86. The minimum Gasteiger partial charge on any atom is -0.497 e. The van der Waals surface area contributed by atoms with Crippen molar-refractivity contribution in [2.45, 2.75) is 11.8 Å². The summed E-state index contributed by atoms with van der Waals surface area (Å²) in [5.74, 6) is 6.26. The molecule has 22 heavy (non-hydrogen) atoms. The number of benzene rings is 2. The van der Waals surface area contributed by atoms with Gasteiger partial charge in [-0.05, 0) is 43.3 Å². The molecule has 2 aromatic rings. The average Bonchev–Trinajstić information content (AvgIpc) is 2.52. The molecule has 0 fully saturated rings. The monoisotopic (exact) mass is 316 g/mol. The molecular formula is C17H16O4S. The van der Waals surface area contributed by atoms with Crippen LogP contribution in [0, 0.1) is 18.8 Å². The summed E-state index contributed by atoms with van der Waals surface area (Å²) in [6, 6.07) is 13.6. The van der Waals surface area contributed by atoms with Gasteiger partial charge in [0.15, 0.2) is 0 Å². The van der Waals surface area contributed by atoms with E-state index in [-0.39, 0.29) is 11.5 Å². The zero-order valence-corrected chi connectivity index (χ0v) is 13.2. The summed E-state index contributed by atoms with van der Waals surface area (Å²) < 4.78 is 33.8. The summed E-state index contributed by atoms with van der Waals surface area (Å²) in [6.45, 7) is 1.69. The summed E-state index contributed by atoms with van der Waals surface area (Å²) in [5.41, 5.74) is 1.75. The van der Waals surface area contributed by atoms with Crippen LogP contribution in [0.5, 0.6) is 5.75 Å². The lowest BCUT2D eigenvalue weighted by molar-refractivity contribution is 0.363. The number of hydrogen-bond donors (Lipinski definition) is 0. The molecule has 0 saturated heterocycles. The van der Waals surface area contributed by atoms with Gasteiger partial charge in [-0.2, -0.15) is 8.42 Å². The van der Waals surface area contributed by atoms with Gasteiger partial charge in [0.2, 0.25) is 0 Å². The number of hydrogen-bond acceptors (Lipinski definition) is 4. The molecule has 0 aromatic heterocycles. The third kappa shape index (κ3) is 4.35. The molecule has 0 bridgehead atoms. The van der Waals surface area contributed by atoms with Gasteiger partial charge in [-0.25, -0.2) is 0 Å². The van der Waals surface area contributed by atoms with E-state index in [1.54, 1.807) is 43.5 Å². The molecule has 4 nitrogen and oxygen atoms in total. The maximum absolute atomic E-state index is 11.9. The van der Waals surface area contributed by atoms with Gasteiger partial charge in [0.1, 0.15) is 12.4 Å². The molecule has 0 aliphatic heterocycles. The minimum absolute atomic E-state index is 0.129. The molecular weight excluding hydrogens is 300 g/mol. The van der Waals surface area contributed by atoms with E-state index in [9.17, 15) is 8.42 Å². The Hall–Kier alpha value is -2.29. The quantitative estimate of drug-likeness (QED) is 0.643. The van der Waals surface area contributed by atoms with Gasteiger partial charge in [0.05, 0.1) is 12.0 Å². The van der Waals surface area contributed by atoms with Crippen molar-refractivity contribution >= 4 is 10.1 Å². The first kappa shape index (κ1) is 16.1. The Morgan fingerprint density at radius 1 is 1.00 bits per heavy atom. The standard InChI is InChI=1S/C17H16O4S/c1-14-5-11-17(12-6-14)22(18,19)21-13-3-4-15-7-9-16(20-2)10-8-15/h5-12H,13H2,1-2H3. The zero-order chi connectivity index (χ0) is 16.0. The first-order chi connectivity index (χ1) is 10.5. The maximum Gasteiger partial charge on any atom is 0.297 e. The third-order valence-corrected chi connectivity index (χ3v) is 4.20. The number of aryl methyl sites for hydroxylation is 1. The molecule has 2 aromatic carbocycles. The van der Waals surface area contributed by atoms with Gasteiger partial charge >= 0.3 is 0 Å². The van der Waals surface area contributed by atoms with Crippen molar-refractivity contribution in [2.24, 2.45) is 0 Å². The van der Waals surface area contributed by atoms with Gasteiger partial charge in [-0.3, -0.25) is 4.18 Å². The van der Waals surface area contributed by atoms with E-state index < -0.39 is 10.1 Å². The van der Waals surface area contributed by atoms with E-state index in [4.69, 9.17) is 8.92 Å². The van der Waals surface area contributed by atoms with Crippen molar-refractivity contribution in [3.63, 3.8) is 0 Å². The molecule has 0 heterocycles. The smallest absolute Gasteiger partial charge is 0.297 e. The SMILES string of the molecule is COc1ccc(C#CCOS(=O)(=O)c2ccc(C)cc2)cc1. The van der Waals surface area contributed by atoms with Crippen LogP contribution in [0.25, 0.3) is 0 Å². The lowest BCUT2D eigenvalue weighted by atomic mass is 10.2. The first-order valence-corrected chi connectivity index (χ1v) is 8.01. The van der Waals surface area contributed by atoms with Crippen LogP contribution in [0.1, 0.15) is 11.1 Å². The summed E-state index contributed by atoms with van der Waals surface area (Å²) in [4.78, 5) is 0.129. The van der Waals surface area contributed by atoms with Gasteiger partial charge in [-0.1, -0.05) is 29.5 Å². The van der Waals surface area contributed by atoms with E-state index in [0.717, 1.165) is 16.9 Å². The Morgan fingerprint density at radius 3 is 2.23 bits per heavy atom. The number of ether oxygens (including phenoxy) is 1. The van der Waals surface area contributed by atoms with Gasteiger partial charge in [-0.15, -0.1) is 0 Å². The first-order valence-electron chi connectivity index (χ1n) is 6.60. The topological polar surface area (TPSA) is 52.6 Å². The Labute approximate surface area is 130 Å². The van der Waals surface area contributed by atoms with Crippen LogP contribution < -0.4 is 4.74 Å². The fraction of sp³-hybridized carbons (Fsp3) is 0.176. The normalized spacial score (nSPS) is 10.6. The lowest BCUT2D eigenvalue weighted by Gasteiger charge is -2.02. The van der Waals surface area contributed by atoms with E-state index in [2.05, 4.69) is 11.8 Å². The van der Waals surface area contributed by atoms with Crippen LogP contribution in [-0.4, -0.2) is 22.1 Å². The average molecular weight is 316 g/mol. The Kier molecular flexibility index (Phi) is 5.21. The molecule has 2 rings (SSSR count). The minimum atomic E-state index is -3.76. The van der Waals surface area contributed by atoms with Gasteiger partial charge < -0.3 is 4.74 Å². The second kappa shape index (κ2) is 7.12. The zero-order valence-electron chi connectivity index (χ0n) is 12.4. The number of rotatable bonds is 4. The lowest BCUT2D eigenvalue weighted by Crippen LogP contribution is -2.06. The Bertz CT molecular complexity index is 779. The maximum atomic E-state index is 11.9. The molecule has 0 amide bonds. The molecule has 0 unspecified atom stereocenters. The summed E-state index contributed by atoms with van der Waals surface area (Å²) in [7, 11) is -2.18. The molecule has 0 N–H and O–H groups in total. The molecule has 0 spiro atoms. The van der Waals surface area contributed by atoms with E-state index in [1.807, 2.05) is 6.92 Å². The van der Waals surface area contributed by atoms with E-state index in [1.165, 1.54) is 12.1 Å². The molecule has 0 aliphatic rings. The van der Waals surface area contributed by atoms with Crippen LogP contribution in [0.15, 0.2) is 53.4 Å². The highest BCUT2D eigenvalue weighted by Crippen LogP contribution is 2.13. The van der Waals surface area contributed by atoms with Crippen LogP contribution in [0.3, 0.4) is 0 Å². The fourth-order valence-corrected chi connectivity index (χ4v) is 2.51. The van der Waals surface area contributed by atoms with Crippen LogP contribution in [0.4, 0.5) is 0 Å². The Balaban J connectivity index is 1.98. The largest absolute Gasteiger partial charge is 0.497 e. The van der Waals surface area contributed by atoms with Crippen molar-refractivity contribution in [1.82, 2.24) is 0 Å². The Morgan fingerprint density at radius 2 is 1.64 bits per heavy atom. The highest BCUT2D eigenvalue weighted by atomic mass is 32.2. The molecule has 5 heteroatoms. The molecule has 0 saturated carbocycles.